The Morgan fingerprint density at radius 3 is 0.610 bits per heavy atom. The number of hydrogen-bond acceptors (Lipinski definition) is 0. The monoisotopic (exact) mass is 577 g/mol. The molecule has 0 saturated carbocycles. The lowest BCUT2D eigenvalue weighted by Crippen LogP contribution is -1.99. The van der Waals surface area contributed by atoms with Gasteiger partial charge in [0.25, 0.3) is 0 Å². The van der Waals surface area contributed by atoms with Crippen molar-refractivity contribution in [1.82, 2.24) is 0 Å². The van der Waals surface area contributed by atoms with Gasteiger partial charge in [0.1, 0.15) is 0 Å². The van der Waals surface area contributed by atoms with Crippen LogP contribution in [0.4, 0.5) is 0 Å². The molecule has 0 rings (SSSR count). The summed E-state index contributed by atoms with van der Waals surface area (Å²) < 4.78 is 0. The first-order valence-corrected chi connectivity index (χ1v) is 20.1. The topological polar surface area (TPSA) is 0 Å². The van der Waals surface area contributed by atoms with Gasteiger partial charge in [0.2, 0.25) is 0 Å². The fourth-order valence-corrected chi connectivity index (χ4v) is 6.90. The van der Waals surface area contributed by atoms with Gasteiger partial charge in [0.05, 0.1) is 0 Å². The summed E-state index contributed by atoms with van der Waals surface area (Å²) in [6.45, 7) is 12.1. The fraction of sp³-hybridized carbons (Fsp3) is 1.00. The third-order valence-electron chi connectivity index (χ3n) is 10.1. The van der Waals surface area contributed by atoms with Crippen LogP contribution in [0.25, 0.3) is 0 Å². The summed E-state index contributed by atoms with van der Waals surface area (Å²) in [6, 6.07) is 0. The lowest BCUT2D eigenvalue weighted by atomic mass is 9.92. The van der Waals surface area contributed by atoms with Crippen LogP contribution in [0.3, 0.4) is 0 Å². The maximum atomic E-state index is 2.51. The van der Waals surface area contributed by atoms with Gasteiger partial charge < -0.3 is 0 Å². The quantitative estimate of drug-likeness (QED) is 0.0658. The first-order valence-electron chi connectivity index (χ1n) is 20.1. The second-order valence-corrected chi connectivity index (χ2v) is 14.9. The van der Waals surface area contributed by atoms with E-state index >= 15 is 0 Å². The Hall–Kier alpha value is 0. The lowest BCUT2D eigenvalue weighted by molar-refractivity contribution is 0.389. The summed E-state index contributed by atoms with van der Waals surface area (Å²) in [5.74, 6) is 2.86. The SMILES string of the molecule is CCCCCCCCCCCCCCCCCCC(C)CCCCCCCC(C)CCCC(C)CCCCCCC. The van der Waals surface area contributed by atoms with Gasteiger partial charge in [0, 0.05) is 0 Å². The van der Waals surface area contributed by atoms with E-state index in [0.29, 0.717) is 0 Å². The van der Waals surface area contributed by atoms with E-state index in [9.17, 15) is 0 Å². The van der Waals surface area contributed by atoms with E-state index in [-0.39, 0.29) is 0 Å². The van der Waals surface area contributed by atoms with Gasteiger partial charge in [-0.1, -0.05) is 247 Å². The third-order valence-corrected chi connectivity index (χ3v) is 10.1. The molecule has 3 atom stereocenters. The highest BCUT2D eigenvalue weighted by atomic mass is 14.1. The Morgan fingerprint density at radius 2 is 0.390 bits per heavy atom. The summed E-state index contributed by atoms with van der Waals surface area (Å²) in [4.78, 5) is 0. The molecule has 0 aliphatic carbocycles. The first-order chi connectivity index (χ1) is 20.1. The van der Waals surface area contributed by atoms with Gasteiger partial charge in [0.15, 0.2) is 0 Å². The highest BCUT2D eigenvalue weighted by Gasteiger charge is 2.07. The zero-order valence-corrected chi connectivity index (χ0v) is 30.1. The molecule has 0 radical (unpaired) electrons. The van der Waals surface area contributed by atoms with E-state index in [1.807, 2.05) is 0 Å². The van der Waals surface area contributed by atoms with Crippen molar-refractivity contribution < 1.29 is 0 Å². The molecule has 0 aromatic heterocycles. The normalized spacial score (nSPS) is 14.0. The van der Waals surface area contributed by atoms with Crippen molar-refractivity contribution in [2.45, 2.75) is 247 Å². The molecular weight excluding hydrogens is 492 g/mol. The van der Waals surface area contributed by atoms with Crippen LogP contribution in [0.1, 0.15) is 247 Å². The van der Waals surface area contributed by atoms with Crippen molar-refractivity contribution in [2.75, 3.05) is 0 Å². The average Bonchev–Trinajstić information content (AvgIpc) is 2.96. The molecule has 0 heteroatoms. The van der Waals surface area contributed by atoms with E-state index in [4.69, 9.17) is 0 Å². The largest absolute Gasteiger partial charge is 0.0654 e. The van der Waals surface area contributed by atoms with E-state index in [1.165, 1.54) is 212 Å². The van der Waals surface area contributed by atoms with Crippen LogP contribution >= 0.6 is 0 Å². The van der Waals surface area contributed by atoms with Gasteiger partial charge in [-0.2, -0.15) is 0 Å². The Bertz CT molecular complexity index is 453. The smallest absolute Gasteiger partial charge is 0.0443 e. The summed E-state index contributed by atoms with van der Waals surface area (Å²) in [5, 5.41) is 0. The average molecular weight is 577 g/mol. The molecule has 0 bridgehead atoms. The summed E-state index contributed by atoms with van der Waals surface area (Å²) in [5.41, 5.74) is 0. The molecule has 0 heterocycles. The van der Waals surface area contributed by atoms with Crippen LogP contribution < -0.4 is 0 Å². The summed E-state index contributed by atoms with van der Waals surface area (Å²) in [6.07, 6.45) is 48.5. The molecule has 0 nitrogen and oxygen atoms in total. The minimum absolute atomic E-state index is 0.950. The van der Waals surface area contributed by atoms with E-state index in [0.717, 1.165) is 17.8 Å². The molecule has 0 amide bonds. The van der Waals surface area contributed by atoms with E-state index < -0.39 is 0 Å². The second kappa shape index (κ2) is 34.5. The zero-order valence-electron chi connectivity index (χ0n) is 30.1. The van der Waals surface area contributed by atoms with Crippen LogP contribution in [0.15, 0.2) is 0 Å². The zero-order chi connectivity index (χ0) is 30.1. The first kappa shape index (κ1) is 41.0. The predicted molar refractivity (Wildman–Crippen MR) is 191 cm³/mol. The van der Waals surface area contributed by atoms with Crippen LogP contribution in [0, 0.1) is 17.8 Å². The molecule has 41 heavy (non-hydrogen) atoms. The predicted octanol–water partition coefficient (Wildman–Crippen LogP) is 15.8. The molecule has 0 fully saturated rings. The summed E-state index contributed by atoms with van der Waals surface area (Å²) in [7, 11) is 0. The minimum Gasteiger partial charge on any atom is -0.0654 e. The number of hydrogen-bond donors (Lipinski definition) is 0. The van der Waals surface area contributed by atoms with Crippen LogP contribution in [-0.2, 0) is 0 Å². The Morgan fingerprint density at radius 1 is 0.220 bits per heavy atom. The maximum Gasteiger partial charge on any atom is -0.0443 e. The van der Waals surface area contributed by atoms with Crippen molar-refractivity contribution in [3.63, 3.8) is 0 Å². The van der Waals surface area contributed by atoms with Gasteiger partial charge >= 0.3 is 0 Å². The molecular formula is C41H84. The second-order valence-electron chi connectivity index (χ2n) is 14.9. The molecule has 0 aliphatic heterocycles. The van der Waals surface area contributed by atoms with Crippen LogP contribution in [0.2, 0.25) is 0 Å². The van der Waals surface area contributed by atoms with Crippen LogP contribution in [-0.4, -0.2) is 0 Å². The number of rotatable bonds is 35. The van der Waals surface area contributed by atoms with Gasteiger partial charge in [-0.25, -0.2) is 0 Å². The molecule has 0 aliphatic rings. The van der Waals surface area contributed by atoms with Gasteiger partial charge in [-0.15, -0.1) is 0 Å². The van der Waals surface area contributed by atoms with E-state index in [2.05, 4.69) is 34.6 Å². The Kier molecular flexibility index (Phi) is 34.5. The van der Waals surface area contributed by atoms with Crippen LogP contribution in [0.5, 0.6) is 0 Å². The molecule has 0 aromatic carbocycles. The minimum atomic E-state index is 0.950. The molecule has 248 valence electrons. The highest BCUT2D eigenvalue weighted by Crippen LogP contribution is 2.23. The van der Waals surface area contributed by atoms with Crippen molar-refractivity contribution in [3.05, 3.63) is 0 Å². The van der Waals surface area contributed by atoms with Gasteiger partial charge in [-0.3, -0.25) is 0 Å². The van der Waals surface area contributed by atoms with Crippen molar-refractivity contribution >= 4 is 0 Å². The third kappa shape index (κ3) is 34.4. The fourth-order valence-electron chi connectivity index (χ4n) is 6.90. The lowest BCUT2D eigenvalue weighted by Gasteiger charge is -2.14. The Labute approximate surface area is 263 Å². The van der Waals surface area contributed by atoms with E-state index in [1.54, 1.807) is 0 Å². The highest BCUT2D eigenvalue weighted by molar-refractivity contribution is 4.60. The van der Waals surface area contributed by atoms with Crippen molar-refractivity contribution in [2.24, 2.45) is 17.8 Å². The standard InChI is InChI=1S/C41H84/c1-6-8-10-12-13-14-15-16-17-18-19-20-21-22-25-29-33-39(3)34-30-26-23-27-31-36-41(5)38-32-37-40(4)35-28-24-11-9-7-2/h39-41H,6-38H2,1-5H3. The number of unbranched alkanes of at least 4 members (excludes halogenated alkanes) is 23. The molecule has 0 N–H and O–H groups in total. The molecule has 0 aromatic rings. The molecule has 0 saturated heterocycles. The van der Waals surface area contributed by atoms with Crippen molar-refractivity contribution in [1.29, 1.82) is 0 Å². The summed E-state index contributed by atoms with van der Waals surface area (Å²) >= 11 is 0. The molecule has 0 spiro atoms. The maximum absolute atomic E-state index is 2.51. The Balaban J connectivity index is 3.30. The van der Waals surface area contributed by atoms with Crippen molar-refractivity contribution in [3.8, 4) is 0 Å². The van der Waals surface area contributed by atoms with Gasteiger partial charge in [-0.05, 0) is 17.8 Å². The molecule has 3 unspecified atom stereocenters.